The second-order valence-electron chi connectivity index (χ2n) is 5.64. The predicted octanol–water partition coefficient (Wildman–Crippen LogP) is 4.62. The minimum atomic E-state index is -0.359. The monoisotopic (exact) mass is 401 g/mol. The number of methoxy groups -OCH3 is 1. The lowest BCUT2D eigenvalue weighted by molar-refractivity contribution is 0.101. The maximum absolute atomic E-state index is 12.4. The maximum Gasteiger partial charge on any atom is 0.275 e. The molecule has 3 rings (SSSR count). The normalized spacial score (nSPS) is 10.3. The average molecular weight is 402 g/mol. The van der Waals surface area contributed by atoms with Gasteiger partial charge in [0.1, 0.15) is 11.4 Å². The number of hydrogen-bond donors (Lipinski definition) is 2. The van der Waals surface area contributed by atoms with Crippen molar-refractivity contribution in [3.63, 3.8) is 0 Å². The van der Waals surface area contributed by atoms with Gasteiger partial charge >= 0.3 is 0 Å². The van der Waals surface area contributed by atoms with Crippen molar-refractivity contribution < 1.29 is 14.3 Å². The third-order valence-corrected chi connectivity index (χ3v) is 4.73. The number of aryl methyl sites for hydroxylation is 1. The Morgan fingerprint density at radius 3 is 2.48 bits per heavy atom. The van der Waals surface area contributed by atoms with Gasteiger partial charge in [0.25, 0.3) is 11.8 Å². The molecule has 6 nitrogen and oxygen atoms in total. The number of carbonyl (C=O) groups is 2. The molecule has 0 atom stereocenters. The molecule has 0 saturated heterocycles. The van der Waals surface area contributed by atoms with Crippen LogP contribution in [0, 0.1) is 6.92 Å². The predicted molar refractivity (Wildman–Crippen MR) is 107 cm³/mol. The van der Waals surface area contributed by atoms with Crippen molar-refractivity contribution in [3.8, 4) is 5.75 Å². The Morgan fingerprint density at radius 1 is 1.07 bits per heavy atom. The quantitative estimate of drug-likeness (QED) is 0.653. The average Bonchev–Trinajstić information content (AvgIpc) is 3.11. The highest BCUT2D eigenvalue weighted by molar-refractivity contribution is 7.14. The summed E-state index contributed by atoms with van der Waals surface area (Å²) >= 11 is 6.99. The molecular weight excluding hydrogens is 386 g/mol. The first-order valence-electron chi connectivity index (χ1n) is 7.94. The second kappa shape index (κ2) is 8.20. The Bertz CT molecular complexity index is 986. The highest BCUT2D eigenvalue weighted by Gasteiger charge is 2.14. The van der Waals surface area contributed by atoms with Crippen LogP contribution in [0.5, 0.6) is 5.75 Å². The lowest BCUT2D eigenvalue weighted by Crippen LogP contribution is -2.14. The Hall–Kier alpha value is -2.90. The summed E-state index contributed by atoms with van der Waals surface area (Å²) in [4.78, 5) is 28.7. The zero-order valence-corrected chi connectivity index (χ0v) is 16.1. The molecule has 0 unspecified atom stereocenters. The van der Waals surface area contributed by atoms with Gasteiger partial charge in [0.05, 0.1) is 7.11 Å². The van der Waals surface area contributed by atoms with E-state index in [0.717, 1.165) is 11.3 Å². The first-order valence-corrected chi connectivity index (χ1v) is 9.20. The molecule has 2 N–H and O–H groups in total. The van der Waals surface area contributed by atoms with Gasteiger partial charge in [-0.15, -0.1) is 11.3 Å². The van der Waals surface area contributed by atoms with Crippen LogP contribution in [0.15, 0.2) is 47.8 Å². The fourth-order valence-corrected chi connectivity index (χ4v) is 3.17. The van der Waals surface area contributed by atoms with Crippen molar-refractivity contribution in [2.45, 2.75) is 6.92 Å². The van der Waals surface area contributed by atoms with Crippen molar-refractivity contribution >= 4 is 45.6 Å². The van der Waals surface area contributed by atoms with E-state index < -0.39 is 0 Å². The fourth-order valence-electron chi connectivity index (χ4n) is 2.36. The molecule has 1 aromatic heterocycles. The number of halogens is 1. The molecule has 0 radical (unpaired) electrons. The zero-order valence-electron chi connectivity index (χ0n) is 14.6. The number of nitrogens with one attached hydrogen (secondary N) is 2. The Morgan fingerprint density at radius 2 is 1.81 bits per heavy atom. The van der Waals surface area contributed by atoms with Gasteiger partial charge in [0.15, 0.2) is 5.13 Å². The Kier molecular flexibility index (Phi) is 5.73. The van der Waals surface area contributed by atoms with Crippen molar-refractivity contribution in [1.29, 1.82) is 0 Å². The number of carbonyl (C=O) groups excluding carboxylic acids is 2. The summed E-state index contributed by atoms with van der Waals surface area (Å²) in [5.41, 5.74) is 2.22. The molecule has 0 aliphatic heterocycles. The van der Waals surface area contributed by atoms with E-state index in [9.17, 15) is 9.59 Å². The van der Waals surface area contributed by atoms with Gasteiger partial charge in [0.2, 0.25) is 0 Å². The molecule has 1 heterocycles. The minimum absolute atomic E-state index is 0.222. The standard InChI is InChI=1S/C19H16ClN3O3S/c1-11-9-14(7-8-16(11)26-2)21-18(25)15-10-27-19(22-15)23-17(24)12-3-5-13(20)6-4-12/h3-10H,1-2H3,(H,21,25)(H,22,23,24). The van der Waals surface area contributed by atoms with Crippen LogP contribution < -0.4 is 15.4 Å². The lowest BCUT2D eigenvalue weighted by Gasteiger charge is -2.08. The first kappa shape index (κ1) is 18.9. The zero-order chi connectivity index (χ0) is 19.4. The summed E-state index contributed by atoms with van der Waals surface area (Å²) < 4.78 is 5.20. The topological polar surface area (TPSA) is 80.3 Å². The van der Waals surface area contributed by atoms with Crippen molar-refractivity contribution in [3.05, 3.63) is 69.7 Å². The largest absolute Gasteiger partial charge is 0.496 e. The van der Waals surface area contributed by atoms with E-state index in [1.165, 1.54) is 11.3 Å². The Labute approximate surface area is 165 Å². The van der Waals surface area contributed by atoms with Crippen molar-refractivity contribution in [1.82, 2.24) is 4.98 Å². The molecule has 0 aliphatic carbocycles. The molecule has 3 aromatic rings. The highest BCUT2D eigenvalue weighted by Crippen LogP contribution is 2.23. The lowest BCUT2D eigenvalue weighted by atomic mass is 10.2. The van der Waals surface area contributed by atoms with E-state index in [0.29, 0.717) is 21.4 Å². The van der Waals surface area contributed by atoms with E-state index in [-0.39, 0.29) is 17.5 Å². The van der Waals surface area contributed by atoms with Crippen molar-refractivity contribution in [2.75, 3.05) is 17.7 Å². The molecule has 0 fully saturated rings. The molecule has 0 aliphatic rings. The van der Waals surface area contributed by atoms with Crippen molar-refractivity contribution in [2.24, 2.45) is 0 Å². The smallest absolute Gasteiger partial charge is 0.275 e. The van der Waals surface area contributed by atoms with Crippen LogP contribution in [0.1, 0.15) is 26.4 Å². The van der Waals surface area contributed by atoms with E-state index in [4.69, 9.17) is 16.3 Å². The van der Waals surface area contributed by atoms with Gasteiger partial charge in [-0.3, -0.25) is 14.9 Å². The second-order valence-corrected chi connectivity index (χ2v) is 6.93. The van der Waals surface area contributed by atoms with Crippen LogP contribution in [-0.2, 0) is 0 Å². The number of aromatic nitrogens is 1. The molecule has 0 bridgehead atoms. The van der Waals surface area contributed by atoms with Gasteiger partial charge in [-0.2, -0.15) is 0 Å². The van der Waals surface area contributed by atoms with Gasteiger partial charge < -0.3 is 10.1 Å². The van der Waals surface area contributed by atoms with E-state index in [1.807, 2.05) is 13.0 Å². The highest BCUT2D eigenvalue weighted by atomic mass is 35.5. The summed E-state index contributed by atoms with van der Waals surface area (Å²) in [6.07, 6.45) is 0. The molecule has 27 heavy (non-hydrogen) atoms. The van der Waals surface area contributed by atoms with Gasteiger partial charge in [-0.1, -0.05) is 11.6 Å². The van der Waals surface area contributed by atoms with E-state index in [1.54, 1.807) is 48.9 Å². The number of thiazole rings is 1. The number of rotatable bonds is 5. The summed E-state index contributed by atoms with van der Waals surface area (Å²) in [6, 6.07) is 11.8. The third kappa shape index (κ3) is 4.64. The van der Waals surface area contributed by atoms with Crippen LogP contribution >= 0.6 is 22.9 Å². The number of nitrogens with zero attached hydrogens (tertiary/aromatic N) is 1. The van der Waals surface area contributed by atoms with Gasteiger partial charge in [-0.05, 0) is 55.0 Å². The number of hydrogen-bond acceptors (Lipinski definition) is 5. The Balaban J connectivity index is 1.66. The molecule has 8 heteroatoms. The SMILES string of the molecule is COc1ccc(NC(=O)c2csc(NC(=O)c3ccc(Cl)cc3)n2)cc1C. The summed E-state index contributed by atoms with van der Waals surface area (Å²) in [5.74, 6) is 0.0652. The summed E-state index contributed by atoms with van der Waals surface area (Å²) in [7, 11) is 1.59. The minimum Gasteiger partial charge on any atom is -0.496 e. The van der Waals surface area contributed by atoms with Crippen LogP contribution in [0.3, 0.4) is 0 Å². The first-order chi connectivity index (χ1) is 13.0. The van der Waals surface area contributed by atoms with Crippen LogP contribution in [0.2, 0.25) is 5.02 Å². The number of ether oxygens (including phenoxy) is 1. The van der Waals surface area contributed by atoms with E-state index >= 15 is 0 Å². The number of amides is 2. The van der Waals surface area contributed by atoms with Gasteiger partial charge in [-0.25, -0.2) is 4.98 Å². The van der Waals surface area contributed by atoms with Crippen LogP contribution in [-0.4, -0.2) is 23.9 Å². The number of benzene rings is 2. The molecule has 0 spiro atoms. The molecular formula is C19H16ClN3O3S. The molecule has 2 aromatic carbocycles. The number of anilines is 2. The summed E-state index contributed by atoms with van der Waals surface area (Å²) in [6.45, 7) is 1.89. The van der Waals surface area contributed by atoms with Crippen LogP contribution in [0.25, 0.3) is 0 Å². The molecule has 138 valence electrons. The van der Waals surface area contributed by atoms with Crippen LogP contribution in [0.4, 0.5) is 10.8 Å². The third-order valence-electron chi connectivity index (χ3n) is 3.72. The maximum atomic E-state index is 12.4. The fraction of sp³-hybridized carbons (Fsp3) is 0.105. The van der Waals surface area contributed by atoms with E-state index in [2.05, 4.69) is 15.6 Å². The molecule has 2 amide bonds. The molecule has 0 saturated carbocycles. The summed E-state index contributed by atoms with van der Waals surface area (Å²) in [5, 5.41) is 7.92. The van der Waals surface area contributed by atoms with Gasteiger partial charge in [0, 0.05) is 21.7 Å².